The lowest BCUT2D eigenvalue weighted by atomic mass is 10.1. The van der Waals surface area contributed by atoms with E-state index < -0.39 is 12.0 Å². The highest BCUT2D eigenvalue weighted by atomic mass is 16.5. The van der Waals surface area contributed by atoms with E-state index in [1.807, 2.05) is 0 Å². The third kappa shape index (κ3) is 3.28. The number of hydrogen-bond donors (Lipinski definition) is 4. The van der Waals surface area contributed by atoms with Crippen LogP contribution >= 0.6 is 0 Å². The van der Waals surface area contributed by atoms with Crippen molar-refractivity contribution in [1.29, 1.82) is 0 Å². The zero-order valence-corrected chi connectivity index (χ0v) is 7.73. The van der Waals surface area contributed by atoms with E-state index in [0.717, 1.165) is 5.56 Å². The Labute approximate surface area is 85.5 Å². The fourth-order valence-corrected chi connectivity index (χ4v) is 1.02. The molecule has 6 heteroatoms. The van der Waals surface area contributed by atoms with Gasteiger partial charge in [0.05, 0.1) is 0 Å². The minimum atomic E-state index is -1.10. The number of nitrogens with one attached hydrogen (secondary N) is 2. The van der Waals surface area contributed by atoms with Crippen molar-refractivity contribution in [2.45, 2.75) is 6.54 Å². The molecule has 0 aliphatic carbocycles. The lowest BCUT2D eigenvalue weighted by Gasteiger charge is -2.02. The van der Waals surface area contributed by atoms with E-state index in [9.17, 15) is 9.59 Å². The molecule has 80 valence electrons. The van der Waals surface area contributed by atoms with Gasteiger partial charge in [-0.2, -0.15) is 0 Å². The third-order valence-electron chi connectivity index (χ3n) is 1.76. The van der Waals surface area contributed by atoms with E-state index in [-0.39, 0.29) is 6.54 Å². The third-order valence-corrected chi connectivity index (χ3v) is 1.76. The number of carbonyl (C=O) groups is 2. The van der Waals surface area contributed by atoms with Crippen molar-refractivity contribution in [2.75, 3.05) is 0 Å². The number of rotatable bonds is 3. The number of hydroxylamine groups is 1. The zero-order chi connectivity index (χ0) is 11.3. The van der Waals surface area contributed by atoms with Crippen LogP contribution in [0.1, 0.15) is 15.9 Å². The molecule has 0 unspecified atom stereocenters. The normalized spacial score (nSPS) is 9.40. The summed E-state index contributed by atoms with van der Waals surface area (Å²) in [5.74, 6) is -0.604. The Morgan fingerprint density at radius 1 is 1.20 bits per heavy atom. The van der Waals surface area contributed by atoms with Crippen LogP contribution in [0.25, 0.3) is 0 Å². The van der Waals surface area contributed by atoms with Crippen molar-refractivity contribution in [3.63, 3.8) is 0 Å². The first-order valence-corrected chi connectivity index (χ1v) is 4.13. The molecule has 0 spiro atoms. The highest BCUT2D eigenvalue weighted by molar-refractivity contribution is 5.93. The van der Waals surface area contributed by atoms with Crippen LogP contribution in [-0.2, 0) is 6.54 Å². The van der Waals surface area contributed by atoms with Crippen LogP contribution < -0.4 is 10.8 Å². The van der Waals surface area contributed by atoms with Gasteiger partial charge in [-0.3, -0.25) is 10.0 Å². The molecule has 0 saturated carbocycles. The lowest BCUT2D eigenvalue weighted by molar-refractivity contribution is 0.0706. The molecule has 2 amide bonds. The Morgan fingerprint density at radius 2 is 1.80 bits per heavy atom. The Hall–Kier alpha value is -2.08. The van der Waals surface area contributed by atoms with Crippen LogP contribution in [0.4, 0.5) is 4.79 Å². The summed E-state index contributed by atoms with van der Waals surface area (Å²) >= 11 is 0. The van der Waals surface area contributed by atoms with Crippen molar-refractivity contribution in [2.24, 2.45) is 0 Å². The van der Waals surface area contributed by atoms with Crippen molar-refractivity contribution >= 4 is 12.0 Å². The average Bonchev–Trinajstić information content (AvgIpc) is 2.26. The summed E-state index contributed by atoms with van der Waals surface area (Å²) in [6.45, 7) is 0.177. The molecule has 4 N–H and O–H groups in total. The van der Waals surface area contributed by atoms with Gasteiger partial charge < -0.3 is 10.4 Å². The van der Waals surface area contributed by atoms with Gasteiger partial charge in [0.25, 0.3) is 5.91 Å². The van der Waals surface area contributed by atoms with Crippen molar-refractivity contribution in [3.05, 3.63) is 35.4 Å². The van der Waals surface area contributed by atoms with Gasteiger partial charge in [0.15, 0.2) is 0 Å². The molecule has 0 saturated heterocycles. The van der Waals surface area contributed by atoms with Crippen molar-refractivity contribution < 1.29 is 19.9 Å². The second kappa shape index (κ2) is 4.97. The van der Waals surface area contributed by atoms with Gasteiger partial charge in [0, 0.05) is 12.1 Å². The summed E-state index contributed by atoms with van der Waals surface area (Å²) in [6, 6.07) is 6.18. The molecule has 0 aliphatic heterocycles. The van der Waals surface area contributed by atoms with Gasteiger partial charge in [-0.05, 0) is 17.7 Å². The van der Waals surface area contributed by atoms with Gasteiger partial charge in [0.1, 0.15) is 0 Å². The highest BCUT2D eigenvalue weighted by Gasteiger charge is 2.03. The molecule has 1 aromatic carbocycles. The van der Waals surface area contributed by atoms with E-state index in [1.165, 1.54) is 17.6 Å². The molecule has 0 radical (unpaired) electrons. The standard InChI is InChI=1S/C9H10N2O4/c12-8(11-15)7-3-1-6(2-4-7)5-10-9(13)14/h1-4,10,15H,5H2,(H,11,12)(H,13,14). The topological polar surface area (TPSA) is 98.7 Å². The van der Waals surface area contributed by atoms with Crippen molar-refractivity contribution in [3.8, 4) is 0 Å². The second-order valence-corrected chi connectivity index (χ2v) is 2.80. The smallest absolute Gasteiger partial charge is 0.404 e. The Balaban J connectivity index is 2.64. The van der Waals surface area contributed by atoms with Gasteiger partial charge >= 0.3 is 6.09 Å². The summed E-state index contributed by atoms with van der Waals surface area (Å²) in [4.78, 5) is 21.1. The zero-order valence-electron chi connectivity index (χ0n) is 7.73. The van der Waals surface area contributed by atoms with E-state index in [4.69, 9.17) is 10.3 Å². The Bertz CT molecular complexity index is 361. The first-order valence-electron chi connectivity index (χ1n) is 4.13. The van der Waals surface area contributed by atoms with Gasteiger partial charge in [-0.25, -0.2) is 10.3 Å². The quantitative estimate of drug-likeness (QED) is 0.433. The first kappa shape index (κ1) is 11.0. The molecule has 15 heavy (non-hydrogen) atoms. The predicted octanol–water partition coefficient (Wildman–Crippen LogP) is 0.573. The van der Waals surface area contributed by atoms with E-state index >= 15 is 0 Å². The van der Waals surface area contributed by atoms with Gasteiger partial charge in [0.2, 0.25) is 0 Å². The molecule has 0 aliphatic rings. The molecule has 0 atom stereocenters. The SMILES string of the molecule is O=C(O)NCc1ccc(C(=O)NO)cc1. The minimum absolute atomic E-state index is 0.177. The lowest BCUT2D eigenvalue weighted by Crippen LogP contribution is -2.20. The second-order valence-electron chi connectivity index (χ2n) is 2.80. The number of amides is 2. The molecular weight excluding hydrogens is 200 g/mol. The van der Waals surface area contributed by atoms with Gasteiger partial charge in [-0.15, -0.1) is 0 Å². The monoisotopic (exact) mass is 210 g/mol. The van der Waals surface area contributed by atoms with Crippen LogP contribution in [0.3, 0.4) is 0 Å². The fraction of sp³-hybridized carbons (Fsp3) is 0.111. The molecule has 0 aromatic heterocycles. The number of hydrogen-bond acceptors (Lipinski definition) is 3. The van der Waals surface area contributed by atoms with Crippen LogP contribution in [0, 0.1) is 0 Å². The fourth-order valence-electron chi connectivity index (χ4n) is 1.02. The molecule has 0 heterocycles. The summed E-state index contributed by atoms with van der Waals surface area (Å²) in [6.07, 6.45) is -1.10. The average molecular weight is 210 g/mol. The van der Waals surface area contributed by atoms with E-state index in [0.29, 0.717) is 5.56 Å². The summed E-state index contributed by atoms with van der Waals surface area (Å²) in [5.41, 5.74) is 2.53. The largest absolute Gasteiger partial charge is 0.465 e. The van der Waals surface area contributed by atoms with E-state index in [1.54, 1.807) is 12.1 Å². The van der Waals surface area contributed by atoms with Gasteiger partial charge in [-0.1, -0.05) is 12.1 Å². The molecule has 1 aromatic rings. The maximum atomic E-state index is 10.9. The number of carboxylic acid groups (broad SMARTS) is 1. The van der Waals surface area contributed by atoms with Crippen LogP contribution in [0.5, 0.6) is 0 Å². The summed E-state index contributed by atoms with van der Waals surface area (Å²) in [7, 11) is 0. The van der Waals surface area contributed by atoms with Crippen LogP contribution in [-0.4, -0.2) is 22.3 Å². The molecular formula is C9H10N2O4. The molecule has 1 rings (SSSR count). The highest BCUT2D eigenvalue weighted by Crippen LogP contribution is 2.03. The molecule has 6 nitrogen and oxygen atoms in total. The van der Waals surface area contributed by atoms with Crippen LogP contribution in [0.2, 0.25) is 0 Å². The Kier molecular flexibility index (Phi) is 3.64. The summed E-state index contributed by atoms with van der Waals surface area (Å²) < 4.78 is 0. The number of benzene rings is 1. The van der Waals surface area contributed by atoms with E-state index in [2.05, 4.69) is 5.32 Å². The Morgan fingerprint density at radius 3 is 2.27 bits per heavy atom. The summed E-state index contributed by atoms with van der Waals surface area (Å²) in [5, 5.41) is 18.9. The maximum Gasteiger partial charge on any atom is 0.404 e. The minimum Gasteiger partial charge on any atom is -0.465 e. The predicted molar refractivity (Wildman–Crippen MR) is 50.6 cm³/mol. The molecule has 0 fully saturated rings. The van der Waals surface area contributed by atoms with Crippen LogP contribution in [0.15, 0.2) is 24.3 Å². The maximum absolute atomic E-state index is 10.9. The first-order chi connectivity index (χ1) is 7.13. The van der Waals surface area contributed by atoms with Crippen molar-refractivity contribution in [1.82, 2.24) is 10.8 Å². The molecule has 0 bridgehead atoms. The number of carbonyl (C=O) groups excluding carboxylic acids is 1.